The van der Waals surface area contributed by atoms with Crippen LogP contribution in [0.15, 0.2) is 41.1 Å². The lowest BCUT2D eigenvalue weighted by molar-refractivity contribution is 0.399. The van der Waals surface area contributed by atoms with E-state index in [1.165, 1.54) is 0 Å². The van der Waals surface area contributed by atoms with E-state index >= 15 is 0 Å². The van der Waals surface area contributed by atoms with E-state index < -0.39 is 0 Å². The maximum absolute atomic E-state index is 5.51. The number of rotatable bonds is 7. The van der Waals surface area contributed by atoms with Crippen molar-refractivity contribution >= 4 is 16.7 Å². The predicted octanol–water partition coefficient (Wildman–Crippen LogP) is 4.18. The summed E-state index contributed by atoms with van der Waals surface area (Å²) in [5.41, 5.74) is 4.04. The van der Waals surface area contributed by atoms with Crippen LogP contribution in [0.3, 0.4) is 0 Å². The molecule has 0 aliphatic carbocycles. The number of aromatic nitrogens is 4. The fraction of sp³-hybridized carbons (Fsp3) is 0.273. The van der Waals surface area contributed by atoms with Crippen LogP contribution >= 0.6 is 0 Å². The predicted molar refractivity (Wildman–Crippen MR) is 114 cm³/mol. The Morgan fingerprint density at radius 3 is 2.67 bits per heavy atom. The Labute approximate surface area is 174 Å². The first-order chi connectivity index (χ1) is 14.6. The first-order valence-electron chi connectivity index (χ1n) is 9.67. The van der Waals surface area contributed by atoms with Crippen molar-refractivity contribution < 1.29 is 14.0 Å². The van der Waals surface area contributed by atoms with Crippen LogP contribution in [0.1, 0.15) is 24.0 Å². The highest BCUT2D eigenvalue weighted by Crippen LogP contribution is 2.34. The summed E-state index contributed by atoms with van der Waals surface area (Å²) >= 11 is 0. The minimum absolute atomic E-state index is 0.418. The number of nitrogens with zero attached hydrogens (tertiary/aromatic N) is 4. The molecule has 30 heavy (non-hydrogen) atoms. The van der Waals surface area contributed by atoms with E-state index in [9.17, 15) is 0 Å². The average Bonchev–Trinajstić information content (AvgIpc) is 3.26. The fourth-order valence-corrected chi connectivity index (χ4v) is 3.24. The molecule has 0 aliphatic heterocycles. The second-order valence-electron chi connectivity index (χ2n) is 6.77. The first kappa shape index (κ1) is 19.6. The van der Waals surface area contributed by atoms with Crippen molar-refractivity contribution in [2.75, 3.05) is 19.5 Å². The van der Waals surface area contributed by atoms with Gasteiger partial charge in [-0.25, -0.2) is 9.97 Å². The van der Waals surface area contributed by atoms with Crippen LogP contribution in [0.5, 0.6) is 11.5 Å². The van der Waals surface area contributed by atoms with Crippen molar-refractivity contribution in [1.29, 1.82) is 0 Å². The van der Waals surface area contributed by atoms with E-state index in [-0.39, 0.29) is 0 Å². The molecule has 0 saturated carbocycles. The molecule has 0 amide bonds. The number of methoxy groups -OCH3 is 2. The van der Waals surface area contributed by atoms with Crippen LogP contribution in [0, 0.1) is 6.92 Å². The molecule has 0 atom stereocenters. The molecule has 154 valence electrons. The summed E-state index contributed by atoms with van der Waals surface area (Å²) < 4.78 is 16.4. The van der Waals surface area contributed by atoms with Gasteiger partial charge in [-0.1, -0.05) is 12.1 Å². The zero-order valence-electron chi connectivity index (χ0n) is 17.4. The molecule has 0 unspecified atom stereocenters. The van der Waals surface area contributed by atoms with Gasteiger partial charge in [0, 0.05) is 35.8 Å². The third-order valence-electron chi connectivity index (χ3n) is 4.83. The SMILES string of the molecule is CCc1noc(-c2cnc3nc(C)ccc3c2NCc2cc(OC)ccc2OC)n1. The van der Waals surface area contributed by atoms with Gasteiger partial charge in [0.1, 0.15) is 11.5 Å². The van der Waals surface area contributed by atoms with Gasteiger partial charge in [0.2, 0.25) is 0 Å². The second-order valence-corrected chi connectivity index (χ2v) is 6.77. The largest absolute Gasteiger partial charge is 0.497 e. The van der Waals surface area contributed by atoms with Crippen molar-refractivity contribution in [3.8, 4) is 23.0 Å². The summed E-state index contributed by atoms with van der Waals surface area (Å²) in [4.78, 5) is 13.5. The number of hydrogen-bond acceptors (Lipinski definition) is 8. The van der Waals surface area contributed by atoms with Gasteiger partial charge < -0.3 is 19.3 Å². The molecule has 8 heteroatoms. The molecule has 1 aromatic carbocycles. The summed E-state index contributed by atoms with van der Waals surface area (Å²) in [7, 11) is 3.29. The van der Waals surface area contributed by atoms with Gasteiger partial charge in [-0.3, -0.25) is 0 Å². The van der Waals surface area contributed by atoms with Crippen molar-refractivity contribution in [1.82, 2.24) is 20.1 Å². The Balaban J connectivity index is 1.79. The fourth-order valence-electron chi connectivity index (χ4n) is 3.24. The van der Waals surface area contributed by atoms with E-state index in [0.717, 1.165) is 39.4 Å². The zero-order valence-corrected chi connectivity index (χ0v) is 17.4. The highest BCUT2D eigenvalue weighted by molar-refractivity contribution is 5.96. The van der Waals surface area contributed by atoms with Crippen molar-refractivity contribution in [3.05, 3.63) is 53.6 Å². The average molecular weight is 405 g/mol. The third-order valence-corrected chi connectivity index (χ3v) is 4.83. The summed E-state index contributed by atoms with van der Waals surface area (Å²) in [5, 5.41) is 8.39. The van der Waals surface area contributed by atoms with Crippen molar-refractivity contribution in [2.45, 2.75) is 26.8 Å². The lowest BCUT2D eigenvalue weighted by Gasteiger charge is -2.15. The van der Waals surface area contributed by atoms with E-state index in [1.807, 2.05) is 44.2 Å². The van der Waals surface area contributed by atoms with Gasteiger partial charge in [0.25, 0.3) is 5.89 Å². The van der Waals surface area contributed by atoms with Crippen LogP contribution in [0.4, 0.5) is 5.69 Å². The quantitative estimate of drug-likeness (QED) is 0.489. The second kappa shape index (κ2) is 8.36. The van der Waals surface area contributed by atoms with Gasteiger partial charge in [-0.05, 0) is 37.3 Å². The molecule has 0 spiro atoms. The molecule has 0 saturated heterocycles. The van der Waals surface area contributed by atoms with Crippen LogP contribution in [0.2, 0.25) is 0 Å². The van der Waals surface area contributed by atoms with E-state index in [1.54, 1.807) is 20.4 Å². The molecule has 0 bridgehead atoms. The Bertz CT molecular complexity index is 1190. The Morgan fingerprint density at radius 1 is 1.07 bits per heavy atom. The number of fused-ring (bicyclic) bond motifs is 1. The monoisotopic (exact) mass is 405 g/mol. The Morgan fingerprint density at radius 2 is 1.93 bits per heavy atom. The van der Waals surface area contributed by atoms with Gasteiger partial charge in [-0.15, -0.1) is 0 Å². The highest BCUT2D eigenvalue weighted by Gasteiger charge is 2.18. The smallest absolute Gasteiger partial charge is 0.261 e. The Kier molecular flexibility index (Phi) is 5.47. The molecular weight excluding hydrogens is 382 g/mol. The lowest BCUT2D eigenvalue weighted by Crippen LogP contribution is -2.05. The molecule has 0 fully saturated rings. The van der Waals surface area contributed by atoms with Gasteiger partial charge in [-0.2, -0.15) is 4.98 Å². The molecule has 4 aromatic rings. The summed E-state index contributed by atoms with van der Waals surface area (Å²) in [6.07, 6.45) is 2.40. The summed E-state index contributed by atoms with van der Waals surface area (Å²) in [6, 6.07) is 9.65. The molecule has 3 aromatic heterocycles. The minimum Gasteiger partial charge on any atom is -0.497 e. The van der Waals surface area contributed by atoms with Gasteiger partial charge in [0.05, 0.1) is 25.5 Å². The normalized spacial score (nSPS) is 10.9. The van der Waals surface area contributed by atoms with Gasteiger partial charge in [0.15, 0.2) is 11.5 Å². The Hall–Kier alpha value is -3.68. The number of anilines is 1. The number of hydrogen-bond donors (Lipinski definition) is 1. The molecule has 8 nitrogen and oxygen atoms in total. The van der Waals surface area contributed by atoms with Crippen LogP contribution in [-0.4, -0.2) is 34.3 Å². The van der Waals surface area contributed by atoms with Crippen LogP contribution in [-0.2, 0) is 13.0 Å². The minimum atomic E-state index is 0.418. The van der Waals surface area contributed by atoms with Crippen LogP contribution in [0.25, 0.3) is 22.5 Å². The number of aryl methyl sites for hydroxylation is 2. The molecule has 3 heterocycles. The lowest BCUT2D eigenvalue weighted by atomic mass is 10.1. The van der Waals surface area contributed by atoms with E-state index in [0.29, 0.717) is 30.3 Å². The number of pyridine rings is 2. The first-order valence-corrected chi connectivity index (χ1v) is 9.67. The molecule has 0 aliphatic rings. The van der Waals surface area contributed by atoms with Crippen LogP contribution < -0.4 is 14.8 Å². The maximum atomic E-state index is 5.51. The maximum Gasteiger partial charge on any atom is 0.261 e. The number of benzene rings is 1. The topological polar surface area (TPSA) is 95.2 Å². The van der Waals surface area contributed by atoms with Crippen molar-refractivity contribution in [2.24, 2.45) is 0 Å². The summed E-state index contributed by atoms with van der Waals surface area (Å²) in [5.74, 6) is 2.59. The third kappa shape index (κ3) is 3.76. The molecule has 1 N–H and O–H groups in total. The standard InChI is InChI=1S/C22H23N5O3/c1-5-19-26-22(30-27-19)17-12-24-21-16(8-6-13(2)25-21)20(17)23-11-14-10-15(28-3)7-9-18(14)29-4/h6-10,12H,5,11H2,1-4H3,(H,23,24,25). The molecular formula is C22H23N5O3. The molecule has 0 radical (unpaired) electrons. The summed E-state index contributed by atoms with van der Waals surface area (Å²) in [6.45, 7) is 4.41. The number of ether oxygens (including phenoxy) is 2. The van der Waals surface area contributed by atoms with E-state index in [4.69, 9.17) is 14.0 Å². The molecule has 4 rings (SSSR count). The zero-order chi connectivity index (χ0) is 21.1. The van der Waals surface area contributed by atoms with E-state index in [2.05, 4.69) is 25.4 Å². The number of nitrogens with one attached hydrogen (secondary N) is 1. The van der Waals surface area contributed by atoms with Crippen molar-refractivity contribution in [3.63, 3.8) is 0 Å². The van der Waals surface area contributed by atoms with Gasteiger partial charge >= 0.3 is 0 Å². The highest BCUT2D eigenvalue weighted by atomic mass is 16.5.